The lowest BCUT2D eigenvalue weighted by molar-refractivity contribution is 0.0941. The average molecular weight is 353 g/mol. The van der Waals surface area contributed by atoms with E-state index in [1.165, 1.54) is 12.1 Å². The van der Waals surface area contributed by atoms with E-state index in [1.807, 2.05) is 23.7 Å². The predicted molar refractivity (Wildman–Crippen MR) is 96.1 cm³/mol. The van der Waals surface area contributed by atoms with Crippen LogP contribution in [0, 0.1) is 5.82 Å². The quantitative estimate of drug-likeness (QED) is 0.740. The van der Waals surface area contributed by atoms with Crippen molar-refractivity contribution < 1.29 is 13.9 Å². The Morgan fingerprint density at radius 2 is 2.04 bits per heavy atom. The van der Waals surface area contributed by atoms with Crippen molar-refractivity contribution in [3.8, 4) is 0 Å². The Morgan fingerprint density at radius 1 is 1.27 bits per heavy atom. The van der Waals surface area contributed by atoms with Crippen molar-refractivity contribution in [2.45, 2.75) is 12.6 Å². The Labute approximate surface area is 151 Å². The maximum absolute atomic E-state index is 13.3. The first-order chi connectivity index (χ1) is 12.6. The van der Waals surface area contributed by atoms with E-state index in [-0.39, 0.29) is 11.7 Å². The van der Waals surface area contributed by atoms with E-state index in [4.69, 9.17) is 4.74 Å². The summed E-state index contributed by atoms with van der Waals surface area (Å²) in [5, 5.41) is 3.00. The van der Waals surface area contributed by atoms with Crippen LogP contribution in [0.3, 0.4) is 0 Å². The number of aromatic nitrogens is 2. The fourth-order valence-electron chi connectivity index (χ4n) is 2.79. The van der Waals surface area contributed by atoms with E-state index >= 15 is 0 Å². The average Bonchev–Trinajstić information content (AvgIpc) is 3.07. The Bertz CT molecular complexity index is 890. The first kappa shape index (κ1) is 17.8. The lowest BCUT2D eigenvalue weighted by Gasteiger charge is -2.19. The Balaban J connectivity index is 1.90. The zero-order valence-electron chi connectivity index (χ0n) is 14.6. The molecular weight excluding hydrogens is 333 g/mol. The van der Waals surface area contributed by atoms with Crippen LogP contribution in [0.15, 0.2) is 60.9 Å². The second-order valence-corrected chi connectivity index (χ2v) is 5.99. The molecule has 26 heavy (non-hydrogen) atoms. The van der Waals surface area contributed by atoms with E-state index in [0.717, 1.165) is 11.1 Å². The molecule has 2 aromatic carbocycles. The van der Waals surface area contributed by atoms with Gasteiger partial charge in [-0.15, -0.1) is 0 Å². The zero-order valence-corrected chi connectivity index (χ0v) is 14.6. The largest absolute Gasteiger partial charge is 0.380 e. The molecule has 3 rings (SSSR count). The third-order valence-corrected chi connectivity index (χ3v) is 4.10. The number of ether oxygens (including phenoxy) is 1. The van der Waals surface area contributed by atoms with Gasteiger partial charge in [0.05, 0.1) is 6.61 Å². The number of benzene rings is 2. The van der Waals surface area contributed by atoms with E-state index in [0.29, 0.717) is 18.0 Å². The molecule has 1 unspecified atom stereocenters. The van der Waals surface area contributed by atoms with Crippen LogP contribution in [0.25, 0.3) is 0 Å². The number of imidazole rings is 1. The fourth-order valence-corrected chi connectivity index (χ4v) is 2.79. The van der Waals surface area contributed by atoms with Gasteiger partial charge in [-0.2, -0.15) is 0 Å². The third-order valence-electron chi connectivity index (χ3n) is 4.10. The van der Waals surface area contributed by atoms with Gasteiger partial charge in [0.1, 0.15) is 17.7 Å². The molecule has 0 fully saturated rings. The standard InChI is InChI=1S/C20H20FN3O2/c1-24-11-10-22-19(24)18(15-6-8-17(21)9-7-15)23-20(25)16-5-3-4-14(12-16)13-26-2/h3-12,18H,13H2,1-2H3,(H,23,25). The molecule has 0 saturated heterocycles. The fraction of sp³-hybridized carbons (Fsp3) is 0.200. The molecule has 1 aromatic heterocycles. The molecular formula is C20H20FN3O2. The monoisotopic (exact) mass is 353 g/mol. The van der Waals surface area contributed by atoms with E-state index in [2.05, 4.69) is 10.3 Å². The van der Waals surface area contributed by atoms with Crippen LogP contribution < -0.4 is 5.32 Å². The molecule has 134 valence electrons. The summed E-state index contributed by atoms with van der Waals surface area (Å²) < 4.78 is 20.2. The minimum Gasteiger partial charge on any atom is -0.380 e. The second kappa shape index (κ2) is 7.93. The van der Waals surface area contributed by atoms with Crippen LogP contribution in [0.5, 0.6) is 0 Å². The summed E-state index contributed by atoms with van der Waals surface area (Å²) in [6.07, 6.45) is 3.47. The molecule has 1 N–H and O–H groups in total. The highest BCUT2D eigenvalue weighted by Crippen LogP contribution is 2.21. The first-order valence-electron chi connectivity index (χ1n) is 8.20. The number of halogens is 1. The molecule has 1 amide bonds. The van der Waals surface area contributed by atoms with Crippen LogP contribution >= 0.6 is 0 Å². The molecule has 1 atom stereocenters. The van der Waals surface area contributed by atoms with E-state index in [9.17, 15) is 9.18 Å². The van der Waals surface area contributed by atoms with Gasteiger partial charge in [-0.05, 0) is 35.4 Å². The number of carbonyl (C=O) groups excluding carboxylic acids is 1. The molecule has 0 spiro atoms. The molecule has 0 aliphatic carbocycles. The van der Waals surface area contributed by atoms with Crippen LogP contribution in [0.2, 0.25) is 0 Å². The smallest absolute Gasteiger partial charge is 0.252 e. The second-order valence-electron chi connectivity index (χ2n) is 5.99. The first-order valence-corrected chi connectivity index (χ1v) is 8.20. The van der Waals surface area contributed by atoms with Gasteiger partial charge in [0.2, 0.25) is 0 Å². The van der Waals surface area contributed by atoms with E-state index < -0.39 is 6.04 Å². The number of hydrogen-bond donors (Lipinski definition) is 1. The molecule has 0 radical (unpaired) electrons. The van der Waals surface area contributed by atoms with Crippen molar-refractivity contribution in [2.75, 3.05) is 7.11 Å². The highest BCUT2D eigenvalue weighted by Gasteiger charge is 2.21. The minimum atomic E-state index is -0.491. The number of rotatable bonds is 6. The van der Waals surface area contributed by atoms with Gasteiger partial charge in [0.15, 0.2) is 0 Å². The maximum Gasteiger partial charge on any atom is 0.252 e. The Hall–Kier alpha value is -2.99. The minimum absolute atomic E-state index is 0.236. The summed E-state index contributed by atoms with van der Waals surface area (Å²) in [4.78, 5) is 17.1. The highest BCUT2D eigenvalue weighted by atomic mass is 19.1. The highest BCUT2D eigenvalue weighted by molar-refractivity contribution is 5.94. The Kier molecular flexibility index (Phi) is 5.43. The van der Waals surface area contributed by atoms with Gasteiger partial charge >= 0.3 is 0 Å². The topological polar surface area (TPSA) is 56.1 Å². The Morgan fingerprint density at radius 3 is 2.69 bits per heavy atom. The summed E-state index contributed by atoms with van der Waals surface area (Å²) in [6.45, 7) is 0.432. The molecule has 0 bridgehead atoms. The summed E-state index contributed by atoms with van der Waals surface area (Å²) in [7, 11) is 3.46. The lowest BCUT2D eigenvalue weighted by atomic mass is 10.0. The number of aryl methyl sites for hydroxylation is 1. The predicted octanol–water partition coefficient (Wildman–Crippen LogP) is 3.23. The molecule has 1 heterocycles. The molecule has 6 heteroatoms. The summed E-state index contributed by atoms with van der Waals surface area (Å²) in [5.74, 6) is 0.101. The molecule has 3 aromatic rings. The number of nitrogens with one attached hydrogen (secondary N) is 1. The van der Waals surface area contributed by atoms with Gasteiger partial charge < -0.3 is 14.6 Å². The van der Waals surface area contributed by atoms with Crippen molar-refractivity contribution in [1.82, 2.24) is 14.9 Å². The van der Waals surface area contributed by atoms with Crippen LogP contribution in [-0.2, 0) is 18.4 Å². The number of nitrogens with zero attached hydrogens (tertiary/aromatic N) is 2. The third kappa shape index (κ3) is 3.97. The molecule has 0 aliphatic heterocycles. The molecule has 0 aliphatic rings. The van der Waals surface area contributed by atoms with E-state index in [1.54, 1.807) is 43.8 Å². The van der Waals surface area contributed by atoms with Crippen molar-refractivity contribution in [3.05, 3.63) is 89.3 Å². The van der Waals surface area contributed by atoms with Crippen LogP contribution in [0.1, 0.15) is 33.4 Å². The zero-order chi connectivity index (χ0) is 18.5. The van der Waals surface area contributed by atoms with Gasteiger partial charge in [0.25, 0.3) is 5.91 Å². The summed E-state index contributed by atoms with van der Waals surface area (Å²) >= 11 is 0. The van der Waals surface area contributed by atoms with Crippen molar-refractivity contribution in [1.29, 1.82) is 0 Å². The number of methoxy groups -OCH3 is 1. The molecule has 5 nitrogen and oxygen atoms in total. The summed E-state index contributed by atoms with van der Waals surface area (Å²) in [5.41, 5.74) is 2.19. The van der Waals surface area contributed by atoms with Crippen LogP contribution in [-0.4, -0.2) is 22.6 Å². The van der Waals surface area contributed by atoms with Crippen LogP contribution in [0.4, 0.5) is 4.39 Å². The van der Waals surface area contributed by atoms with Gasteiger partial charge in [-0.1, -0.05) is 24.3 Å². The van der Waals surface area contributed by atoms with Crippen molar-refractivity contribution in [3.63, 3.8) is 0 Å². The lowest BCUT2D eigenvalue weighted by Crippen LogP contribution is -2.31. The van der Waals surface area contributed by atoms with Crippen molar-refractivity contribution in [2.24, 2.45) is 7.05 Å². The number of amides is 1. The number of carbonyl (C=O) groups is 1. The molecule has 0 saturated carbocycles. The maximum atomic E-state index is 13.3. The van der Waals surface area contributed by atoms with Gasteiger partial charge in [0, 0.05) is 32.1 Å². The van der Waals surface area contributed by atoms with Crippen molar-refractivity contribution >= 4 is 5.91 Å². The van der Waals surface area contributed by atoms with Gasteiger partial charge in [-0.3, -0.25) is 4.79 Å². The summed E-state index contributed by atoms with van der Waals surface area (Å²) in [6, 6.07) is 12.8. The normalized spacial score (nSPS) is 12.0. The SMILES string of the molecule is COCc1cccc(C(=O)NC(c2ccc(F)cc2)c2nccn2C)c1. The number of hydrogen-bond acceptors (Lipinski definition) is 3. The van der Waals surface area contributed by atoms with Gasteiger partial charge in [-0.25, -0.2) is 9.37 Å².